The van der Waals surface area contributed by atoms with Crippen molar-refractivity contribution in [1.82, 2.24) is 20.1 Å². The van der Waals surface area contributed by atoms with Crippen LogP contribution in [0.3, 0.4) is 0 Å². The van der Waals surface area contributed by atoms with Gasteiger partial charge in [0.25, 0.3) is 0 Å². The van der Waals surface area contributed by atoms with Gasteiger partial charge in [-0.1, -0.05) is 54.6 Å². The molecule has 3 heterocycles. The van der Waals surface area contributed by atoms with Crippen molar-refractivity contribution in [2.75, 3.05) is 33.3 Å². The van der Waals surface area contributed by atoms with E-state index in [0.29, 0.717) is 12.6 Å². The van der Waals surface area contributed by atoms with E-state index in [1.54, 1.807) is 0 Å². The number of para-hydroxylation sites is 1. The smallest absolute Gasteiger partial charge is 0.194 e. The lowest BCUT2D eigenvalue weighted by Gasteiger charge is -2.36. The largest absolute Gasteiger partial charge is 0.373 e. The fourth-order valence-corrected chi connectivity index (χ4v) is 4.76. The lowest BCUT2D eigenvalue weighted by atomic mass is 10.1. The molecule has 0 spiro atoms. The molecule has 2 aliphatic rings. The minimum absolute atomic E-state index is 0.218. The van der Waals surface area contributed by atoms with Gasteiger partial charge in [-0.05, 0) is 17.2 Å². The third-order valence-electron chi connectivity index (χ3n) is 6.31. The molecule has 6 nitrogen and oxygen atoms in total. The zero-order valence-electron chi connectivity index (χ0n) is 17.9. The molecule has 2 atom stereocenters. The summed E-state index contributed by atoms with van der Waals surface area (Å²) in [6.07, 6.45) is 2.07. The third-order valence-corrected chi connectivity index (χ3v) is 6.31. The molecular weight excluding hydrogens is 386 g/mol. The molecule has 0 radical (unpaired) electrons. The van der Waals surface area contributed by atoms with Crippen LogP contribution >= 0.6 is 0 Å². The van der Waals surface area contributed by atoms with E-state index in [0.717, 1.165) is 49.6 Å². The second-order valence-electron chi connectivity index (χ2n) is 8.23. The van der Waals surface area contributed by atoms with Crippen molar-refractivity contribution in [2.24, 2.45) is 4.99 Å². The van der Waals surface area contributed by atoms with Crippen molar-refractivity contribution in [3.8, 4) is 0 Å². The molecule has 2 fully saturated rings. The first-order valence-corrected chi connectivity index (χ1v) is 11.0. The van der Waals surface area contributed by atoms with Crippen molar-refractivity contribution < 1.29 is 4.74 Å². The molecule has 2 unspecified atom stereocenters. The van der Waals surface area contributed by atoms with Crippen LogP contribution in [0.5, 0.6) is 0 Å². The predicted octanol–water partition coefficient (Wildman–Crippen LogP) is 2.90. The summed E-state index contributed by atoms with van der Waals surface area (Å²) in [4.78, 5) is 14.0. The number of hydrogen-bond donors (Lipinski definition) is 1. The standard InChI is InChI=1S/C25H29N5O/c1-26-25(28-15-21-10-5-9-20-11-6-12-27-24(20)21)30-17-22-23(18-30)31-14-13-29(22)16-19-7-3-2-4-8-19/h2-12,22-23H,13-18H2,1H3,(H,26,28). The molecule has 160 valence electrons. The average Bonchev–Trinajstić information content (AvgIpc) is 3.25. The number of hydrogen-bond acceptors (Lipinski definition) is 4. The number of nitrogens with one attached hydrogen (secondary N) is 1. The van der Waals surface area contributed by atoms with E-state index in [1.165, 1.54) is 11.1 Å². The van der Waals surface area contributed by atoms with Gasteiger partial charge in [0, 0.05) is 51.4 Å². The molecule has 0 amide bonds. The normalized spacial score (nSPS) is 22.0. The Kier molecular flexibility index (Phi) is 5.82. The van der Waals surface area contributed by atoms with Gasteiger partial charge in [0.15, 0.2) is 5.96 Å². The van der Waals surface area contributed by atoms with Crippen LogP contribution in [0.15, 0.2) is 71.9 Å². The van der Waals surface area contributed by atoms with Crippen LogP contribution in [0.1, 0.15) is 11.1 Å². The Morgan fingerprint density at radius 1 is 1.10 bits per heavy atom. The molecule has 1 aromatic heterocycles. The van der Waals surface area contributed by atoms with Gasteiger partial charge in [-0.3, -0.25) is 14.9 Å². The molecule has 6 heteroatoms. The molecule has 5 rings (SSSR count). The number of fused-ring (bicyclic) bond motifs is 2. The van der Waals surface area contributed by atoms with Gasteiger partial charge in [-0.2, -0.15) is 0 Å². The quantitative estimate of drug-likeness (QED) is 0.525. The van der Waals surface area contributed by atoms with Gasteiger partial charge in [0.2, 0.25) is 0 Å². The van der Waals surface area contributed by atoms with E-state index < -0.39 is 0 Å². The number of benzene rings is 2. The molecule has 2 aliphatic heterocycles. The highest BCUT2D eigenvalue weighted by Gasteiger charge is 2.41. The maximum Gasteiger partial charge on any atom is 0.194 e. The van der Waals surface area contributed by atoms with E-state index in [4.69, 9.17) is 4.74 Å². The molecule has 2 saturated heterocycles. The predicted molar refractivity (Wildman–Crippen MR) is 124 cm³/mol. The fourth-order valence-electron chi connectivity index (χ4n) is 4.76. The van der Waals surface area contributed by atoms with Gasteiger partial charge < -0.3 is 15.0 Å². The van der Waals surface area contributed by atoms with Crippen molar-refractivity contribution >= 4 is 16.9 Å². The molecule has 1 N–H and O–H groups in total. The lowest BCUT2D eigenvalue weighted by molar-refractivity contribution is -0.0502. The summed E-state index contributed by atoms with van der Waals surface area (Å²) in [5.74, 6) is 0.922. The molecule has 0 saturated carbocycles. The highest BCUT2D eigenvalue weighted by molar-refractivity contribution is 5.83. The number of aliphatic imine (C=N–C) groups is 1. The summed E-state index contributed by atoms with van der Waals surface area (Å²) in [7, 11) is 1.86. The minimum atomic E-state index is 0.218. The van der Waals surface area contributed by atoms with Crippen LogP contribution in [-0.2, 0) is 17.8 Å². The fraction of sp³-hybridized carbons (Fsp3) is 0.360. The Bertz CT molecular complexity index is 1050. The Morgan fingerprint density at radius 2 is 1.97 bits per heavy atom. The van der Waals surface area contributed by atoms with E-state index in [2.05, 4.69) is 79.7 Å². The lowest BCUT2D eigenvalue weighted by Crippen LogP contribution is -2.50. The first kappa shape index (κ1) is 20.0. The highest BCUT2D eigenvalue weighted by Crippen LogP contribution is 2.25. The Morgan fingerprint density at radius 3 is 2.84 bits per heavy atom. The van der Waals surface area contributed by atoms with Crippen LogP contribution in [0.2, 0.25) is 0 Å². The van der Waals surface area contributed by atoms with Gasteiger partial charge >= 0.3 is 0 Å². The second-order valence-corrected chi connectivity index (χ2v) is 8.23. The molecule has 0 aliphatic carbocycles. The number of ether oxygens (including phenoxy) is 1. The van der Waals surface area contributed by atoms with Gasteiger partial charge in [0.1, 0.15) is 0 Å². The number of guanidine groups is 1. The summed E-state index contributed by atoms with van der Waals surface area (Å²) in [6, 6.07) is 21.5. The van der Waals surface area contributed by atoms with Gasteiger partial charge in [-0.15, -0.1) is 0 Å². The Labute approximate surface area is 183 Å². The summed E-state index contributed by atoms with van der Waals surface area (Å²) in [5.41, 5.74) is 3.57. The average molecular weight is 416 g/mol. The molecule has 3 aromatic rings. The first-order valence-electron chi connectivity index (χ1n) is 11.0. The van der Waals surface area contributed by atoms with Crippen LogP contribution < -0.4 is 5.32 Å². The summed E-state index contributed by atoms with van der Waals surface area (Å²) in [6.45, 7) is 5.20. The molecule has 0 bridgehead atoms. The number of aromatic nitrogens is 1. The van der Waals surface area contributed by atoms with E-state index in [1.807, 2.05) is 19.3 Å². The Hall–Kier alpha value is -2.96. The van der Waals surface area contributed by atoms with Crippen LogP contribution in [0, 0.1) is 0 Å². The van der Waals surface area contributed by atoms with Crippen LogP contribution in [-0.4, -0.2) is 66.2 Å². The maximum atomic E-state index is 6.14. The number of morpholine rings is 1. The zero-order valence-corrected chi connectivity index (χ0v) is 17.9. The van der Waals surface area contributed by atoms with Crippen molar-refractivity contribution in [3.05, 3.63) is 78.0 Å². The van der Waals surface area contributed by atoms with Crippen LogP contribution in [0.4, 0.5) is 0 Å². The topological polar surface area (TPSA) is 53.0 Å². The zero-order chi connectivity index (χ0) is 21.0. The summed E-state index contributed by atoms with van der Waals surface area (Å²) in [5, 5.41) is 4.72. The monoisotopic (exact) mass is 415 g/mol. The minimum Gasteiger partial charge on any atom is -0.373 e. The molecular formula is C25H29N5O. The van der Waals surface area contributed by atoms with E-state index in [9.17, 15) is 0 Å². The van der Waals surface area contributed by atoms with Gasteiger partial charge in [-0.25, -0.2) is 0 Å². The number of likely N-dealkylation sites (tertiary alicyclic amines) is 1. The number of rotatable bonds is 4. The number of pyridine rings is 1. The van der Waals surface area contributed by atoms with E-state index >= 15 is 0 Å². The SMILES string of the molecule is CN=C(NCc1cccc2cccnc12)N1CC2OCCN(Cc3ccccc3)C2C1. The van der Waals surface area contributed by atoms with Crippen molar-refractivity contribution in [3.63, 3.8) is 0 Å². The maximum absolute atomic E-state index is 6.14. The van der Waals surface area contributed by atoms with E-state index in [-0.39, 0.29) is 6.10 Å². The Balaban J connectivity index is 1.26. The first-order chi connectivity index (χ1) is 15.3. The highest BCUT2D eigenvalue weighted by atomic mass is 16.5. The second kappa shape index (κ2) is 9.04. The van der Waals surface area contributed by atoms with Gasteiger partial charge in [0.05, 0.1) is 24.3 Å². The van der Waals surface area contributed by atoms with Crippen LogP contribution in [0.25, 0.3) is 10.9 Å². The van der Waals surface area contributed by atoms with Crippen molar-refractivity contribution in [1.29, 1.82) is 0 Å². The summed E-state index contributed by atoms with van der Waals surface area (Å²) < 4.78 is 6.14. The summed E-state index contributed by atoms with van der Waals surface area (Å²) >= 11 is 0. The third kappa shape index (κ3) is 4.27. The molecule has 31 heavy (non-hydrogen) atoms. The number of nitrogens with zero attached hydrogens (tertiary/aromatic N) is 4. The van der Waals surface area contributed by atoms with Crippen molar-refractivity contribution in [2.45, 2.75) is 25.2 Å². The molecule has 2 aromatic carbocycles.